The van der Waals surface area contributed by atoms with Crippen LogP contribution in [0.15, 0.2) is 59.8 Å². The summed E-state index contributed by atoms with van der Waals surface area (Å²) in [5.74, 6) is 0. The molecule has 0 saturated carbocycles. The van der Waals surface area contributed by atoms with Gasteiger partial charge in [0, 0.05) is 0 Å². The maximum atomic E-state index is 3.66. The van der Waals surface area contributed by atoms with Gasteiger partial charge < -0.3 is 24.8 Å². The third kappa shape index (κ3) is 3.59. The van der Waals surface area contributed by atoms with Crippen LogP contribution in [-0.4, -0.2) is 13.8 Å². The van der Waals surface area contributed by atoms with Crippen LogP contribution in [0.25, 0.3) is 17.0 Å². The molecule has 0 fully saturated rings. The average molecular weight is 408 g/mol. The number of hydrogen-bond donors (Lipinski definition) is 1. The van der Waals surface area contributed by atoms with Crippen LogP contribution >= 0.6 is 0 Å². The molecule has 1 aliphatic carbocycles. The molecule has 1 atom stereocenters. The van der Waals surface area contributed by atoms with Gasteiger partial charge in [0.05, 0.1) is 0 Å². The predicted octanol–water partition coefficient (Wildman–Crippen LogP) is -1.95. The van der Waals surface area contributed by atoms with E-state index in [0.29, 0.717) is 4.22 Å². The fourth-order valence-corrected chi connectivity index (χ4v) is 8.80. The van der Waals surface area contributed by atoms with Crippen LogP contribution in [0.4, 0.5) is 0 Å². The Kier molecular flexibility index (Phi) is 6.58. The van der Waals surface area contributed by atoms with Gasteiger partial charge in [-0.2, -0.15) is 0 Å². The Labute approximate surface area is 166 Å². The van der Waals surface area contributed by atoms with Gasteiger partial charge in [0.2, 0.25) is 0 Å². The van der Waals surface area contributed by atoms with Gasteiger partial charge in [-0.05, 0) is 0 Å². The second kappa shape index (κ2) is 8.07. The molecule has 0 radical (unpaired) electrons. The Morgan fingerprint density at radius 3 is 2.42 bits per heavy atom. The average Bonchev–Trinajstić information content (AvgIpc) is 3.09. The minimum absolute atomic E-state index is 0. The van der Waals surface area contributed by atoms with E-state index in [9.17, 15) is 0 Å². The van der Waals surface area contributed by atoms with E-state index in [1.54, 1.807) is 10.8 Å². The molecule has 0 saturated heterocycles. The summed E-state index contributed by atoms with van der Waals surface area (Å²) in [6.45, 7) is 4.92. The van der Waals surface area contributed by atoms with Gasteiger partial charge in [0.1, 0.15) is 0 Å². The molecule has 0 aliphatic heterocycles. The van der Waals surface area contributed by atoms with Gasteiger partial charge in [0.15, 0.2) is 0 Å². The van der Waals surface area contributed by atoms with Crippen LogP contribution in [-0.2, 0) is 19.2 Å². The summed E-state index contributed by atoms with van der Waals surface area (Å²) in [5.41, 5.74) is 4.31. The molecule has 1 aromatic heterocycles. The van der Waals surface area contributed by atoms with Crippen molar-refractivity contribution in [3.05, 3.63) is 70.9 Å². The smallest absolute Gasteiger partial charge is 1.00 e. The van der Waals surface area contributed by atoms with E-state index in [0.717, 1.165) is 0 Å². The van der Waals surface area contributed by atoms with Crippen LogP contribution in [0.5, 0.6) is 0 Å². The molecule has 24 heavy (non-hydrogen) atoms. The van der Waals surface area contributed by atoms with E-state index in [-0.39, 0.29) is 44.0 Å². The summed E-state index contributed by atoms with van der Waals surface area (Å²) < 4.78 is 2.17. The van der Waals surface area contributed by atoms with Crippen molar-refractivity contribution < 1.29 is 44.0 Å². The Bertz CT molecular complexity index is 839. The molecule has 3 aromatic rings. The molecule has 1 heterocycles. The van der Waals surface area contributed by atoms with Gasteiger partial charge >= 0.3 is 142 Å². The van der Waals surface area contributed by atoms with Crippen LogP contribution in [0.1, 0.15) is 15.3 Å². The van der Waals surface area contributed by atoms with E-state index in [1.165, 1.54) is 20.5 Å². The summed E-state index contributed by atoms with van der Waals surface area (Å²) >= 11 is -0.235. The van der Waals surface area contributed by atoms with Crippen LogP contribution in [0, 0.1) is 0 Å². The van der Waals surface area contributed by atoms with E-state index in [1.807, 2.05) is 0 Å². The SMILES string of the molecule is C[SiH](C)C1=Cc2ccccc2[CH]1[Ti+2][c]1cc2ccccc2[nH]1.[Cl-].[Cl-]. The Hall–Kier alpha value is -0.769. The number of aromatic amines is 1. The second-order valence-electron chi connectivity index (χ2n) is 6.28. The first-order valence-electron chi connectivity index (χ1n) is 7.87. The molecule has 122 valence electrons. The number of para-hydroxylation sites is 1. The minimum Gasteiger partial charge on any atom is -1.00 e. The topological polar surface area (TPSA) is 15.8 Å². The van der Waals surface area contributed by atoms with E-state index >= 15 is 0 Å². The van der Waals surface area contributed by atoms with Crippen LogP contribution in [0.2, 0.25) is 13.1 Å². The molecule has 0 amide bonds. The van der Waals surface area contributed by atoms with Gasteiger partial charge in [-0.1, -0.05) is 0 Å². The second-order valence-corrected chi connectivity index (χ2v) is 11.4. The van der Waals surface area contributed by atoms with Crippen LogP contribution in [0.3, 0.4) is 0 Å². The van der Waals surface area contributed by atoms with Gasteiger partial charge in [0.25, 0.3) is 0 Å². The zero-order valence-electron chi connectivity index (χ0n) is 13.7. The van der Waals surface area contributed by atoms with Crippen molar-refractivity contribution in [1.82, 2.24) is 4.98 Å². The number of halogens is 2. The van der Waals surface area contributed by atoms with E-state index in [2.05, 4.69) is 78.8 Å². The molecule has 2 aromatic carbocycles. The largest absolute Gasteiger partial charge is 1.00 e. The number of rotatable bonds is 3. The monoisotopic (exact) mass is 407 g/mol. The van der Waals surface area contributed by atoms with Crippen molar-refractivity contribution >= 4 is 29.8 Å². The van der Waals surface area contributed by atoms with Crippen molar-refractivity contribution in [1.29, 1.82) is 0 Å². The first kappa shape index (κ1) is 19.6. The molecular formula is C19H19Cl2NSiTi. The number of nitrogens with one attached hydrogen (secondary N) is 1. The Morgan fingerprint density at radius 2 is 1.67 bits per heavy atom. The van der Waals surface area contributed by atoms with Gasteiger partial charge in [-0.15, -0.1) is 0 Å². The first-order chi connectivity index (χ1) is 10.7. The van der Waals surface area contributed by atoms with Crippen molar-refractivity contribution in [2.24, 2.45) is 0 Å². The summed E-state index contributed by atoms with van der Waals surface area (Å²) in [6, 6.07) is 20.0. The van der Waals surface area contributed by atoms with Crippen molar-refractivity contribution in [2.75, 3.05) is 0 Å². The maximum absolute atomic E-state index is 3.66. The summed E-state index contributed by atoms with van der Waals surface area (Å²) in [7, 11) is -0.766. The molecule has 0 bridgehead atoms. The number of aromatic nitrogens is 1. The van der Waals surface area contributed by atoms with Gasteiger partial charge in [-0.25, -0.2) is 0 Å². The zero-order valence-corrected chi connectivity index (χ0v) is 17.9. The molecule has 1 unspecified atom stereocenters. The first-order valence-corrected chi connectivity index (χ1v) is 12.4. The number of H-pyrrole nitrogens is 1. The number of allylic oxidation sites excluding steroid dienone is 1. The molecule has 1 nitrogen and oxygen atoms in total. The van der Waals surface area contributed by atoms with Crippen molar-refractivity contribution in [2.45, 2.75) is 17.3 Å². The quantitative estimate of drug-likeness (QED) is 0.485. The standard InChI is InChI=1S/C11H13Si.C8H6N.2ClH.Ti/c1-12(2)11-7-9-5-3-4-6-10(9)8-11;1-2-4-8-7(3-1)5-6-9-8;;;/h3-8,12H,1-2H3;1-5,9H;2*1H;/q;;;;+2/p-2. The maximum Gasteiger partial charge on any atom is -1.00 e. The van der Waals surface area contributed by atoms with Crippen molar-refractivity contribution in [3.63, 3.8) is 0 Å². The predicted molar refractivity (Wildman–Crippen MR) is 94.0 cm³/mol. The molecule has 1 aliphatic rings. The number of hydrogen-bond acceptors (Lipinski definition) is 0. The fraction of sp³-hybridized carbons (Fsp3) is 0.158. The fourth-order valence-electron chi connectivity index (χ4n) is 3.32. The van der Waals surface area contributed by atoms with E-state index < -0.39 is 8.80 Å². The zero-order chi connectivity index (χ0) is 15.1. The Balaban J connectivity index is 0.00000104. The summed E-state index contributed by atoms with van der Waals surface area (Å²) in [6.07, 6.45) is 2.49. The van der Waals surface area contributed by atoms with E-state index in [4.69, 9.17) is 0 Å². The third-order valence-corrected chi connectivity index (χ3v) is 9.18. The van der Waals surface area contributed by atoms with Gasteiger partial charge in [-0.3, -0.25) is 0 Å². The molecule has 0 spiro atoms. The molecule has 5 heteroatoms. The summed E-state index contributed by atoms with van der Waals surface area (Å²) in [4.78, 5) is 3.66. The normalized spacial score (nSPS) is 15.3. The summed E-state index contributed by atoms with van der Waals surface area (Å²) in [5, 5.41) is 3.10. The molecule has 4 rings (SSSR count). The molecular weight excluding hydrogens is 389 g/mol. The molecule has 1 N–H and O–H groups in total. The van der Waals surface area contributed by atoms with Crippen molar-refractivity contribution in [3.8, 4) is 0 Å². The number of benzene rings is 2. The minimum atomic E-state index is -0.766. The van der Waals surface area contributed by atoms with Crippen LogP contribution < -0.4 is 28.8 Å². The Morgan fingerprint density at radius 1 is 0.958 bits per heavy atom. The number of fused-ring (bicyclic) bond motifs is 2. The third-order valence-electron chi connectivity index (χ3n) is 4.46.